The van der Waals surface area contributed by atoms with Crippen molar-refractivity contribution >= 4 is 11.0 Å². The number of para-hydroxylation sites is 1. The highest BCUT2D eigenvalue weighted by Crippen LogP contribution is 2.21. The zero-order chi connectivity index (χ0) is 16.5. The summed E-state index contributed by atoms with van der Waals surface area (Å²) in [5.41, 5.74) is 1.29. The fraction of sp³-hybridized carbons (Fsp3) is 0.167. The summed E-state index contributed by atoms with van der Waals surface area (Å²) >= 11 is 0. The number of nitrogens with zero attached hydrogens (tertiary/aromatic N) is 4. The van der Waals surface area contributed by atoms with E-state index in [1.54, 1.807) is 27.8 Å². The van der Waals surface area contributed by atoms with Crippen LogP contribution in [-0.2, 0) is 6.54 Å². The summed E-state index contributed by atoms with van der Waals surface area (Å²) in [6.07, 6.45) is 3.99. The Labute approximate surface area is 138 Å². The fourth-order valence-corrected chi connectivity index (χ4v) is 2.79. The van der Waals surface area contributed by atoms with E-state index >= 15 is 0 Å². The Kier molecular flexibility index (Phi) is 3.49. The lowest BCUT2D eigenvalue weighted by atomic mass is 10.3. The van der Waals surface area contributed by atoms with Gasteiger partial charge in [-0.15, -0.1) is 0 Å². The van der Waals surface area contributed by atoms with Gasteiger partial charge in [-0.1, -0.05) is 25.1 Å². The van der Waals surface area contributed by atoms with Crippen molar-refractivity contribution in [2.45, 2.75) is 19.9 Å². The predicted molar refractivity (Wildman–Crippen MR) is 91.1 cm³/mol. The number of aromatic nitrogens is 4. The summed E-state index contributed by atoms with van der Waals surface area (Å²) in [6, 6.07) is 13.2. The summed E-state index contributed by atoms with van der Waals surface area (Å²) in [7, 11) is 0. The van der Waals surface area contributed by atoms with Crippen LogP contribution in [0.4, 0.5) is 0 Å². The monoisotopic (exact) mass is 320 g/mol. The zero-order valence-corrected chi connectivity index (χ0v) is 13.2. The van der Waals surface area contributed by atoms with Crippen LogP contribution in [0.3, 0.4) is 0 Å². The van der Waals surface area contributed by atoms with Gasteiger partial charge in [-0.3, -0.25) is 9.36 Å². The van der Waals surface area contributed by atoms with Crippen molar-refractivity contribution in [2.75, 3.05) is 0 Å². The smallest absolute Gasteiger partial charge is 0.265 e. The molecule has 0 radical (unpaired) electrons. The average molecular weight is 320 g/mol. The molecule has 0 saturated heterocycles. The van der Waals surface area contributed by atoms with Gasteiger partial charge in [0.2, 0.25) is 0 Å². The van der Waals surface area contributed by atoms with Crippen LogP contribution in [0.15, 0.2) is 64.1 Å². The Morgan fingerprint density at radius 2 is 1.96 bits per heavy atom. The largest absolute Gasteiger partial charge is 0.461 e. The summed E-state index contributed by atoms with van der Waals surface area (Å²) in [5.74, 6) is 1.10. The molecule has 6 nitrogen and oxygen atoms in total. The summed E-state index contributed by atoms with van der Waals surface area (Å²) in [6.45, 7) is 2.60. The molecule has 0 spiro atoms. The maximum absolute atomic E-state index is 12.9. The Morgan fingerprint density at radius 1 is 1.12 bits per heavy atom. The highest BCUT2D eigenvalue weighted by molar-refractivity contribution is 5.77. The molecule has 120 valence electrons. The molecular weight excluding hydrogens is 304 g/mol. The molecule has 3 heterocycles. The normalized spacial score (nSPS) is 11.2. The molecule has 4 rings (SSSR count). The van der Waals surface area contributed by atoms with Crippen LogP contribution in [0, 0.1) is 0 Å². The maximum Gasteiger partial charge on any atom is 0.265 e. The Bertz CT molecular complexity index is 1030. The minimum atomic E-state index is -0.101. The topological polar surface area (TPSA) is 65.8 Å². The van der Waals surface area contributed by atoms with E-state index < -0.39 is 0 Å². The molecule has 0 aliphatic carbocycles. The van der Waals surface area contributed by atoms with Crippen LogP contribution in [0.25, 0.3) is 28.3 Å². The zero-order valence-electron chi connectivity index (χ0n) is 13.2. The first-order chi connectivity index (χ1) is 11.8. The van der Waals surface area contributed by atoms with E-state index in [4.69, 9.17) is 9.40 Å². The summed E-state index contributed by atoms with van der Waals surface area (Å²) < 4.78 is 8.81. The lowest BCUT2D eigenvalue weighted by Crippen LogP contribution is -2.23. The van der Waals surface area contributed by atoms with Crippen LogP contribution in [0.1, 0.15) is 13.3 Å². The molecule has 0 fully saturated rings. The molecule has 24 heavy (non-hydrogen) atoms. The van der Waals surface area contributed by atoms with Gasteiger partial charge < -0.3 is 4.42 Å². The summed E-state index contributed by atoms with van der Waals surface area (Å²) in [4.78, 5) is 17.6. The van der Waals surface area contributed by atoms with Crippen molar-refractivity contribution in [3.63, 3.8) is 0 Å². The van der Waals surface area contributed by atoms with Gasteiger partial charge in [0.15, 0.2) is 17.2 Å². The van der Waals surface area contributed by atoms with Crippen LogP contribution < -0.4 is 5.56 Å². The lowest BCUT2D eigenvalue weighted by Gasteiger charge is -2.10. The maximum atomic E-state index is 12.9. The van der Waals surface area contributed by atoms with E-state index in [9.17, 15) is 4.79 Å². The van der Waals surface area contributed by atoms with Crippen LogP contribution in [0.5, 0.6) is 0 Å². The minimum absolute atomic E-state index is 0.101. The minimum Gasteiger partial charge on any atom is -0.461 e. The number of furan rings is 1. The molecule has 0 unspecified atom stereocenters. The SMILES string of the molecule is CCCn1c(-c2ccco2)nc2c(cnn2-c2ccccc2)c1=O. The molecule has 4 aromatic rings. The van der Waals surface area contributed by atoms with E-state index in [1.807, 2.05) is 43.3 Å². The Hall–Kier alpha value is -3.15. The fourth-order valence-electron chi connectivity index (χ4n) is 2.79. The molecule has 3 aromatic heterocycles. The van der Waals surface area contributed by atoms with Gasteiger partial charge in [-0.05, 0) is 30.7 Å². The molecule has 0 atom stereocenters. The Morgan fingerprint density at radius 3 is 2.67 bits per heavy atom. The van der Waals surface area contributed by atoms with E-state index in [2.05, 4.69) is 5.10 Å². The molecule has 0 aliphatic heterocycles. The van der Waals surface area contributed by atoms with Crippen molar-refractivity contribution in [3.05, 3.63) is 65.3 Å². The van der Waals surface area contributed by atoms with Crippen molar-refractivity contribution < 1.29 is 4.42 Å². The third kappa shape index (κ3) is 2.23. The van der Waals surface area contributed by atoms with Crippen LogP contribution in [0.2, 0.25) is 0 Å². The predicted octanol–water partition coefficient (Wildman–Crippen LogP) is 3.25. The second kappa shape index (κ2) is 5.81. The highest BCUT2D eigenvalue weighted by atomic mass is 16.3. The molecule has 6 heteroatoms. The number of benzene rings is 1. The van der Waals surface area contributed by atoms with Gasteiger partial charge in [-0.25, -0.2) is 9.67 Å². The molecule has 0 saturated carbocycles. The highest BCUT2D eigenvalue weighted by Gasteiger charge is 2.18. The number of hydrogen-bond acceptors (Lipinski definition) is 4. The first kappa shape index (κ1) is 14.4. The standard InChI is InChI=1S/C18H16N4O2/c1-2-10-21-17(15-9-6-11-24-15)20-16-14(18(21)23)12-19-22(16)13-7-4-3-5-8-13/h3-9,11-12H,2,10H2,1H3. The third-order valence-corrected chi connectivity index (χ3v) is 3.88. The molecule has 0 amide bonds. The molecule has 0 bridgehead atoms. The van der Waals surface area contributed by atoms with E-state index in [1.165, 1.54) is 0 Å². The van der Waals surface area contributed by atoms with Crippen molar-refractivity contribution in [1.29, 1.82) is 0 Å². The third-order valence-electron chi connectivity index (χ3n) is 3.88. The number of fused-ring (bicyclic) bond motifs is 1. The average Bonchev–Trinajstić information content (AvgIpc) is 3.27. The van der Waals surface area contributed by atoms with Gasteiger partial charge in [0.05, 0.1) is 18.1 Å². The van der Waals surface area contributed by atoms with E-state index in [-0.39, 0.29) is 5.56 Å². The van der Waals surface area contributed by atoms with Gasteiger partial charge in [0.25, 0.3) is 5.56 Å². The van der Waals surface area contributed by atoms with Crippen molar-refractivity contribution in [2.24, 2.45) is 0 Å². The van der Waals surface area contributed by atoms with Crippen LogP contribution in [-0.4, -0.2) is 19.3 Å². The second-order valence-corrected chi connectivity index (χ2v) is 5.50. The van der Waals surface area contributed by atoms with Crippen LogP contribution >= 0.6 is 0 Å². The van der Waals surface area contributed by atoms with Gasteiger partial charge >= 0.3 is 0 Å². The van der Waals surface area contributed by atoms with Gasteiger partial charge in [-0.2, -0.15) is 5.10 Å². The second-order valence-electron chi connectivity index (χ2n) is 5.50. The number of rotatable bonds is 4. The molecule has 0 aliphatic rings. The van der Waals surface area contributed by atoms with Crippen molar-refractivity contribution in [3.8, 4) is 17.3 Å². The van der Waals surface area contributed by atoms with E-state index in [0.29, 0.717) is 29.2 Å². The molecular formula is C18H16N4O2. The van der Waals surface area contributed by atoms with Crippen molar-refractivity contribution in [1.82, 2.24) is 19.3 Å². The number of hydrogen-bond donors (Lipinski definition) is 0. The first-order valence-electron chi connectivity index (χ1n) is 7.87. The van der Waals surface area contributed by atoms with Gasteiger partial charge in [0.1, 0.15) is 5.39 Å². The molecule has 1 aromatic carbocycles. The van der Waals surface area contributed by atoms with E-state index in [0.717, 1.165) is 12.1 Å². The quantitative estimate of drug-likeness (QED) is 0.579. The van der Waals surface area contributed by atoms with Gasteiger partial charge in [0, 0.05) is 6.54 Å². The molecule has 0 N–H and O–H groups in total. The first-order valence-corrected chi connectivity index (χ1v) is 7.87. The summed E-state index contributed by atoms with van der Waals surface area (Å²) in [5, 5.41) is 4.86. The Balaban J connectivity index is 2.03. The lowest BCUT2D eigenvalue weighted by molar-refractivity contribution is 0.560.